The SMILES string of the molecule is Cn1ncc(C(=O)O)c1C(=O)N1CCOC(c2ccc(Cl)cc2)C1. The highest BCUT2D eigenvalue weighted by Crippen LogP contribution is 2.25. The summed E-state index contributed by atoms with van der Waals surface area (Å²) >= 11 is 5.89. The van der Waals surface area contributed by atoms with Gasteiger partial charge in [0.1, 0.15) is 17.4 Å². The summed E-state index contributed by atoms with van der Waals surface area (Å²) < 4.78 is 7.02. The second-order valence-electron chi connectivity index (χ2n) is 5.50. The largest absolute Gasteiger partial charge is 0.478 e. The number of ether oxygens (including phenoxy) is 1. The van der Waals surface area contributed by atoms with Crippen LogP contribution < -0.4 is 0 Å². The molecule has 0 aliphatic carbocycles. The van der Waals surface area contributed by atoms with Crippen LogP contribution in [0, 0.1) is 0 Å². The summed E-state index contributed by atoms with van der Waals surface area (Å²) in [4.78, 5) is 25.6. The summed E-state index contributed by atoms with van der Waals surface area (Å²) in [5, 5.41) is 13.7. The summed E-state index contributed by atoms with van der Waals surface area (Å²) in [6, 6.07) is 7.25. The van der Waals surface area contributed by atoms with Crippen molar-refractivity contribution < 1.29 is 19.4 Å². The van der Waals surface area contributed by atoms with Gasteiger partial charge in [-0.3, -0.25) is 9.48 Å². The summed E-state index contributed by atoms with van der Waals surface area (Å²) in [7, 11) is 1.55. The molecule has 1 fully saturated rings. The van der Waals surface area contributed by atoms with Gasteiger partial charge in [0, 0.05) is 18.6 Å². The number of carboxylic acids is 1. The van der Waals surface area contributed by atoms with Crippen molar-refractivity contribution in [1.82, 2.24) is 14.7 Å². The quantitative estimate of drug-likeness (QED) is 0.916. The molecule has 1 amide bonds. The summed E-state index contributed by atoms with van der Waals surface area (Å²) in [6.07, 6.45) is 0.911. The fourth-order valence-corrected chi connectivity index (χ4v) is 2.84. The number of aryl methyl sites for hydroxylation is 1. The van der Waals surface area contributed by atoms with E-state index in [-0.39, 0.29) is 23.3 Å². The first-order valence-electron chi connectivity index (χ1n) is 7.39. The third-order valence-corrected chi connectivity index (χ3v) is 4.22. The Morgan fingerprint density at radius 1 is 1.33 bits per heavy atom. The number of hydrogen-bond acceptors (Lipinski definition) is 4. The molecule has 3 rings (SSSR count). The third-order valence-electron chi connectivity index (χ3n) is 3.97. The minimum absolute atomic E-state index is 0.0688. The van der Waals surface area contributed by atoms with Gasteiger partial charge in [0.15, 0.2) is 0 Å². The maximum absolute atomic E-state index is 12.8. The predicted octanol–water partition coefficient (Wildman–Crippen LogP) is 1.99. The Morgan fingerprint density at radius 2 is 2.04 bits per heavy atom. The smallest absolute Gasteiger partial charge is 0.339 e. The van der Waals surface area contributed by atoms with Gasteiger partial charge in [-0.05, 0) is 17.7 Å². The van der Waals surface area contributed by atoms with Crippen molar-refractivity contribution >= 4 is 23.5 Å². The van der Waals surface area contributed by atoms with Crippen LogP contribution in [0.5, 0.6) is 0 Å². The van der Waals surface area contributed by atoms with E-state index in [1.54, 1.807) is 24.1 Å². The molecule has 0 radical (unpaired) electrons. The Kier molecular flexibility index (Phi) is 4.55. The Hall–Kier alpha value is -2.38. The molecular weight excluding hydrogens is 334 g/mol. The second kappa shape index (κ2) is 6.62. The van der Waals surface area contributed by atoms with E-state index in [0.717, 1.165) is 5.56 Å². The molecule has 2 aromatic rings. The number of halogens is 1. The first kappa shape index (κ1) is 16.5. The molecule has 8 heteroatoms. The first-order chi connectivity index (χ1) is 11.5. The van der Waals surface area contributed by atoms with Crippen molar-refractivity contribution in [2.24, 2.45) is 7.05 Å². The number of amides is 1. The Labute approximate surface area is 143 Å². The van der Waals surface area contributed by atoms with Gasteiger partial charge in [0.05, 0.1) is 19.3 Å². The number of benzene rings is 1. The summed E-state index contributed by atoms with van der Waals surface area (Å²) in [5.74, 6) is -1.54. The number of hydrogen-bond donors (Lipinski definition) is 1. The molecule has 7 nitrogen and oxygen atoms in total. The van der Waals surface area contributed by atoms with Gasteiger partial charge < -0.3 is 14.7 Å². The lowest BCUT2D eigenvalue weighted by molar-refractivity contribution is -0.0232. The summed E-state index contributed by atoms with van der Waals surface area (Å²) in [6.45, 7) is 1.11. The van der Waals surface area contributed by atoms with E-state index < -0.39 is 5.97 Å². The number of morpholine rings is 1. The van der Waals surface area contributed by atoms with Gasteiger partial charge in [0.25, 0.3) is 5.91 Å². The van der Waals surface area contributed by atoms with Crippen LogP contribution in [0.15, 0.2) is 30.5 Å². The average Bonchev–Trinajstić information content (AvgIpc) is 2.97. The van der Waals surface area contributed by atoms with Crippen molar-refractivity contribution in [3.63, 3.8) is 0 Å². The van der Waals surface area contributed by atoms with Crippen molar-refractivity contribution in [3.8, 4) is 0 Å². The van der Waals surface area contributed by atoms with E-state index in [9.17, 15) is 14.7 Å². The lowest BCUT2D eigenvalue weighted by Gasteiger charge is -2.33. The Bertz CT molecular complexity index is 772. The molecular formula is C16H16ClN3O4. The summed E-state index contributed by atoms with van der Waals surface area (Å²) in [5.41, 5.74) is 0.886. The van der Waals surface area contributed by atoms with Crippen LogP contribution in [0.4, 0.5) is 0 Å². The molecule has 1 unspecified atom stereocenters. The van der Waals surface area contributed by atoms with Crippen LogP contribution in [-0.2, 0) is 11.8 Å². The predicted molar refractivity (Wildman–Crippen MR) is 86.2 cm³/mol. The number of aromatic nitrogens is 2. The molecule has 1 aromatic heterocycles. The van der Waals surface area contributed by atoms with Crippen molar-refractivity contribution in [3.05, 3.63) is 52.3 Å². The molecule has 0 spiro atoms. The maximum atomic E-state index is 12.8. The van der Waals surface area contributed by atoms with E-state index >= 15 is 0 Å². The van der Waals surface area contributed by atoms with Crippen LogP contribution in [0.3, 0.4) is 0 Å². The van der Waals surface area contributed by atoms with Gasteiger partial charge in [-0.15, -0.1) is 0 Å². The van der Waals surface area contributed by atoms with Crippen LogP contribution in [0.1, 0.15) is 32.5 Å². The zero-order chi connectivity index (χ0) is 17.3. The van der Waals surface area contributed by atoms with Gasteiger partial charge in [-0.2, -0.15) is 5.10 Å². The molecule has 24 heavy (non-hydrogen) atoms. The molecule has 0 bridgehead atoms. The lowest BCUT2D eigenvalue weighted by atomic mass is 10.1. The van der Waals surface area contributed by atoms with E-state index in [1.165, 1.54) is 10.9 Å². The molecule has 126 valence electrons. The second-order valence-corrected chi connectivity index (χ2v) is 5.93. The van der Waals surface area contributed by atoms with Crippen LogP contribution >= 0.6 is 11.6 Å². The highest BCUT2D eigenvalue weighted by molar-refractivity contribution is 6.30. The normalized spacial score (nSPS) is 17.8. The van der Waals surface area contributed by atoms with Gasteiger partial charge in [-0.25, -0.2) is 4.79 Å². The zero-order valence-corrected chi connectivity index (χ0v) is 13.7. The standard InChI is InChI=1S/C16H16ClN3O4/c1-19-14(12(8-18-19)16(22)23)15(21)20-6-7-24-13(9-20)10-2-4-11(17)5-3-10/h2-5,8,13H,6-7,9H2,1H3,(H,22,23). The lowest BCUT2D eigenvalue weighted by Crippen LogP contribution is -2.43. The zero-order valence-electron chi connectivity index (χ0n) is 13.0. The van der Waals surface area contributed by atoms with E-state index in [0.29, 0.717) is 24.7 Å². The monoisotopic (exact) mass is 349 g/mol. The van der Waals surface area contributed by atoms with Gasteiger partial charge in [0.2, 0.25) is 0 Å². The Balaban J connectivity index is 1.82. The van der Waals surface area contributed by atoms with Crippen molar-refractivity contribution in [2.45, 2.75) is 6.10 Å². The molecule has 0 saturated carbocycles. The van der Waals surface area contributed by atoms with Crippen molar-refractivity contribution in [2.75, 3.05) is 19.7 Å². The molecule has 1 aliphatic rings. The highest BCUT2D eigenvalue weighted by Gasteiger charge is 2.30. The molecule has 1 saturated heterocycles. The first-order valence-corrected chi connectivity index (χ1v) is 7.77. The molecule has 1 aliphatic heterocycles. The number of carbonyl (C=O) groups excluding carboxylic acids is 1. The van der Waals surface area contributed by atoms with Gasteiger partial charge >= 0.3 is 5.97 Å². The van der Waals surface area contributed by atoms with Crippen molar-refractivity contribution in [1.29, 1.82) is 0 Å². The average molecular weight is 350 g/mol. The van der Waals surface area contributed by atoms with E-state index in [2.05, 4.69) is 5.10 Å². The minimum atomic E-state index is -1.17. The van der Waals surface area contributed by atoms with E-state index in [4.69, 9.17) is 16.3 Å². The van der Waals surface area contributed by atoms with Gasteiger partial charge in [-0.1, -0.05) is 23.7 Å². The van der Waals surface area contributed by atoms with Crippen LogP contribution in [-0.4, -0.2) is 51.4 Å². The third kappa shape index (κ3) is 3.13. The highest BCUT2D eigenvalue weighted by atomic mass is 35.5. The number of rotatable bonds is 3. The molecule has 1 N–H and O–H groups in total. The molecule has 1 atom stereocenters. The maximum Gasteiger partial charge on any atom is 0.339 e. The van der Waals surface area contributed by atoms with E-state index in [1.807, 2.05) is 12.1 Å². The minimum Gasteiger partial charge on any atom is -0.478 e. The van der Waals surface area contributed by atoms with Crippen LogP contribution in [0.25, 0.3) is 0 Å². The topological polar surface area (TPSA) is 84.7 Å². The molecule has 1 aromatic carbocycles. The fourth-order valence-electron chi connectivity index (χ4n) is 2.71. The number of aromatic carboxylic acids is 1. The Morgan fingerprint density at radius 3 is 2.71 bits per heavy atom. The molecule has 2 heterocycles. The number of carboxylic acid groups (broad SMARTS) is 1. The number of nitrogens with zero attached hydrogens (tertiary/aromatic N) is 3. The fraction of sp³-hybridized carbons (Fsp3) is 0.312. The van der Waals surface area contributed by atoms with Crippen LogP contribution in [0.2, 0.25) is 5.02 Å². The number of carbonyl (C=O) groups is 2.